The average molecular weight is 285 g/mol. The Morgan fingerprint density at radius 2 is 2.05 bits per heavy atom. The van der Waals surface area contributed by atoms with E-state index in [1.807, 2.05) is 13.8 Å². The number of nitrogens with one attached hydrogen (secondary N) is 2. The van der Waals surface area contributed by atoms with Crippen LogP contribution in [0.2, 0.25) is 0 Å². The first-order valence-corrected chi connectivity index (χ1v) is 6.75. The van der Waals surface area contributed by atoms with Gasteiger partial charge in [0.2, 0.25) is 5.91 Å². The lowest BCUT2D eigenvalue weighted by Gasteiger charge is -2.41. The summed E-state index contributed by atoms with van der Waals surface area (Å²) in [6, 6.07) is -1.46. The molecule has 1 aliphatic heterocycles. The van der Waals surface area contributed by atoms with Gasteiger partial charge in [0.1, 0.15) is 11.6 Å². The molecule has 20 heavy (non-hydrogen) atoms. The Morgan fingerprint density at radius 1 is 1.45 bits per heavy atom. The van der Waals surface area contributed by atoms with Gasteiger partial charge in [0.05, 0.1) is 0 Å². The van der Waals surface area contributed by atoms with Crippen LogP contribution in [0.4, 0.5) is 4.79 Å². The predicted molar refractivity (Wildman–Crippen MR) is 73.2 cm³/mol. The molecule has 0 aliphatic carbocycles. The molecule has 0 unspecified atom stereocenters. The highest BCUT2D eigenvalue weighted by atomic mass is 16.4. The highest BCUT2D eigenvalue weighted by Crippen LogP contribution is 2.18. The Labute approximate surface area is 118 Å². The van der Waals surface area contributed by atoms with Gasteiger partial charge in [-0.3, -0.25) is 4.79 Å². The first kappa shape index (κ1) is 16.3. The molecular weight excluding hydrogens is 262 g/mol. The lowest BCUT2D eigenvalue weighted by atomic mass is 9.99. The summed E-state index contributed by atoms with van der Waals surface area (Å²) in [6.07, 6.45) is 0.349. The van der Waals surface area contributed by atoms with Crippen molar-refractivity contribution >= 4 is 17.9 Å². The fraction of sp³-hybridized carbons (Fsp3) is 0.769. The Bertz CT molecular complexity index is 406. The van der Waals surface area contributed by atoms with Gasteiger partial charge in [-0.05, 0) is 26.2 Å². The number of carbonyl (C=O) groups excluding carboxylic acids is 2. The van der Waals surface area contributed by atoms with Crippen molar-refractivity contribution in [3.63, 3.8) is 0 Å². The molecule has 0 aromatic rings. The zero-order chi connectivity index (χ0) is 15.5. The van der Waals surface area contributed by atoms with E-state index in [9.17, 15) is 14.4 Å². The average Bonchev–Trinajstić information content (AvgIpc) is 2.30. The Morgan fingerprint density at radius 3 is 2.55 bits per heavy atom. The molecule has 1 rings (SSSR count). The van der Waals surface area contributed by atoms with E-state index >= 15 is 0 Å². The van der Waals surface area contributed by atoms with Crippen LogP contribution in [-0.4, -0.2) is 52.6 Å². The topological polar surface area (TPSA) is 98.7 Å². The van der Waals surface area contributed by atoms with E-state index in [2.05, 4.69) is 10.6 Å². The van der Waals surface area contributed by atoms with Gasteiger partial charge in [-0.15, -0.1) is 0 Å². The maximum absolute atomic E-state index is 12.2. The van der Waals surface area contributed by atoms with Crippen molar-refractivity contribution in [1.29, 1.82) is 0 Å². The van der Waals surface area contributed by atoms with E-state index in [1.54, 1.807) is 13.8 Å². The van der Waals surface area contributed by atoms with Gasteiger partial charge in [0.25, 0.3) is 0 Å². The van der Waals surface area contributed by atoms with E-state index in [0.717, 1.165) is 0 Å². The van der Waals surface area contributed by atoms with Crippen molar-refractivity contribution in [3.8, 4) is 0 Å². The molecule has 1 fully saturated rings. The lowest BCUT2D eigenvalue weighted by Crippen LogP contribution is -2.66. The number of rotatable bonds is 4. The number of hydrogen-bond donors (Lipinski definition) is 3. The number of carboxylic acids is 1. The van der Waals surface area contributed by atoms with Crippen LogP contribution in [0.1, 0.15) is 34.1 Å². The normalized spacial score (nSPS) is 19.4. The number of piperazine rings is 1. The van der Waals surface area contributed by atoms with Crippen LogP contribution < -0.4 is 10.6 Å². The molecule has 1 atom stereocenters. The van der Waals surface area contributed by atoms with Crippen molar-refractivity contribution in [3.05, 3.63) is 0 Å². The Kier molecular flexibility index (Phi) is 4.97. The molecule has 0 spiro atoms. The summed E-state index contributed by atoms with van der Waals surface area (Å²) < 4.78 is 0. The summed E-state index contributed by atoms with van der Waals surface area (Å²) in [6.45, 7) is 7.79. The van der Waals surface area contributed by atoms with Crippen molar-refractivity contribution in [2.45, 2.75) is 45.7 Å². The van der Waals surface area contributed by atoms with E-state index in [0.29, 0.717) is 19.5 Å². The van der Waals surface area contributed by atoms with Gasteiger partial charge in [-0.2, -0.15) is 0 Å². The van der Waals surface area contributed by atoms with Crippen molar-refractivity contribution in [2.75, 3.05) is 13.1 Å². The number of carbonyl (C=O) groups is 3. The standard InChI is InChI=1S/C13H23N3O4/c1-8(2)7-9(10(17)18)15-12(20)16-6-5-14-11(19)13(16,3)4/h8-9H,5-7H2,1-4H3,(H,14,19)(H,15,20)(H,17,18)/t9-/m1/s1. The second-order valence-electron chi connectivity index (χ2n) is 5.94. The summed E-state index contributed by atoms with van der Waals surface area (Å²) in [5.41, 5.74) is -0.983. The van der Waals surface area contributed by atoms with E-state index < -0.39 is 23.6 Å². The summed E-state index contributed by atoms with van der Waals surface area (Å²) in [5.74, 6) is -1.16. The summed E-state index contributed by atoms with van der Waals surface area (Å²) in [7, 11) is 0. The number of hydrogen-bond acceptors (Lipinski definition) is 3. The van der Waals surface area contributed by atoms with E-state index in [4.69, 9.17) is 5.11 Å². The molecule has 0 radical (unpaired) electrons. The quantitative estimate of drug-likeness (QED) is 0.696. The van der Waals surface area contributed by atoms with Crippen molar-refractivity contribution < 1.29 is 19.5 Å². The zero-order valence-electron chi connectivity index (χ0n) is 12.4. The largest absolute Gasteiger partial charge is 0.480 e. The molecule has 3 amide bonds. The highest BCUT2D eigenvalue weighted by molar-refractivity contribution is 5.92. The molecule has 1 heterocycles. The third kappa shape index (κ3) is 3.61. The minimum absolute atomic E-state index is 0.147. The Hall–Kier alpha value is -1.79. The van der Waals surface area contributed by atoms with Crippen LogP contribution in [0.3, 0.4) is 0 Å². The fourth-order valence-corrected chi connectivity index (χ4v) is 2.17. The summed E-state index contributed by atoms with van der Waals surface area (Å²) >= 11 is 0. The first-order chi connectivity index (χ1) is 9.16. The minimum atomic E-state index is -1.06. The number of urea groups is 1. The second-order valence-corrected chi connectivity index (χ2v) is 5.94. The molecule has 0 bridgehead atoms. The van der Waals surface area contributed by atoms with Gasteiger partial charge in [0, 0.05) is 13.1 Å². The molecule has 7 nitrogen and oxygen atoms in total. The minimum Gasteiger partial charge on any atom is -0.480 e. The molecule has 1 saturated heterocycles. The van der Waals surface area contributed by atoms with Crippen LogP contribution in [0.5, 0.6) is 0 Å². The SMILES string of the molecule is CC(C)C[C@@H](NC(=O)N1CCNC(=O)C1(C)C)C(=O)O. The summed E-state index contributed by atoms with van der Waals surface area (Å²) in [5, 5.41) is 14.3. The van der Waals surface area contributed by atoms with Crippen LogP contribution in [0.25, 0.3) is 0 Å². The van der Waals surface area contributed by atoms with Crippen LogP contribution in [-0.2, 0) is 9.59 Å². The monoisotopic (exact) mass is 285 g/mol. The molecule has 114 valence electrons. The van der Waals surface area contributed by atoms with E-state index in [-0.39, 0.29) is 11.8 Å². The van der Waals surface area contributed by atoms with Gasteiger partial charge >= 0.3 is 12.0 Å². The molecule has 7 heteroatoms. The molecule has 0 aromatic heterocycles. The zero-order valence-corrected chi connectivity index (χ0v) is 12.4. The second kappa shape index (κ2) is 6.11. The van der Waals surface area contributed by atoms with Gasteiger partial charge in [0.15, 0.2) is 0 Å². The highest BCUT2D eigenvalue weighted by Gasteiger charge is 2.41. The number of aliphatic carboxylic acids is 1. The smallest absolute Gasteiger partial charge is 0.326 e. The van der Waals surface area contributed by atoms with Crippen LogP contribution in [0.15, 0.2) is 0 Å². The van der Waals surface area contributed by atoms with Gasteiger partial charge < -0.3 is 20.6 Å². The molecular formula is C13H23N3O4. The predicted octanol–water partition coefficient (Wildman–Crippen LogP) is 0.406. The van der Waals surface area contributed by atoms with Gasteiger partial charge in [-0.1, -0.05) is 13.8 Å². The number of amides is 3. The molecule has 1 aliphatic rings. The third-order valence-electron chi connectivity index (χ3n) is 3.40. The molecule has 0 saturated carbocycles. The van der Waals surface area contributed by atoms with E-state index in [1.165, 1.54) is 4.90 Å². The molecule has 0 aromatic carbocycles. The number of carboxylic acid groups (broad SMARTS) is 1. The fourth-order valence-electron chi connectivity index (χ4n) is 2.17. The summed E-state index contributed by atoms with van der Waals surface area (Å²) in [4.78, 5) is 36.5. The maximum atomic E-state index is 12.2. The van der Waals surface area contributed by atoms with Crippen molar-refractivity contribution in [1.82, 2.24) is 15.5 Å². The third-order valence-corrected chi connectivity index (χ3v) is 3.40. The first-order valence-electron chi connectivity index (χ1n) is 6.75. The van der Waals surface area contributed by atoms with Crippen molar-refractivity contribution in [2.24, 2.45) is 5.92 Å². The van der Waals surface area contributed by atoms with Crippen LogP contribution >= 0.6 is 0 Å². The van der Waals surface area contributed by atoms with Gasteiger partial charge in [-0.25, -0.2) is 9.59 Å². The number of nitrogens with zero attached hydrogens (tertiary/aromatic N) is 1. The maximum Gasteiger partial charge on any atom is 0.326 e. The Balaban J connectivity index is 2.78. The molecule has 3 N–H and O–H groups in total. The van der Waals surface area contributed by atoms with Crippen LogP contribution in [0, 0.1) is 5.92 Å². The lowest BCUT2D eigenvalue weighted by molar-refractivity contribution is -0.139.